The number of amides is 2. The molecule has 6 nitrogen and oxygen atoms in total. The Kier molecular flexibility index (Phi) is 5.54. The van der Waals surface area contributed by atoms with Gasteiger partial charge in [-0.25, -0.2) is 0 Å². The lowest BCUT2D eigenvalue weighted by Crippen LogP contribution is -2.24. The van der Waals surface area contributed by atoms with Gasteiger partial charge in [-0.15, -0.1) is 10.2 Å². The Morgan fingerprint density at radius 2 is 1.97 bits per heavy atom. The molecule has 2 amide bonds. The molecule has 0 bridgehead atoms. The first-order valence-corrected chi connectivity index (χ1v) is 10.5. The van der Waals surface area contributed by atoms with Crippen LogP contribution in [-0.2, 0) is 4.79 Å². The normalized spacial score (nSPS) is 16.3. The molecule has 1 saturated heterocycles. The van der Waals surface area contributed by atoms with Crippen LogP contribution < -0.4 is 10.2 Å². The summed E-state index contributed by atoms with van der Waals surface area (Å²) in [5, 5.41) is 13.0. The van der Waals surface area contributed by atoms with E-state index in [0.717, 1.165) is 11.3 Å². The Balaban J connectivity index is 1.47. The average Bonchev–Trinajstić information content (AvgIpc) is 3.31. The van der Waals surface area contributed by atoms with E-state index in [0.29, 0.717) is 38.7 Å². The summed E-state index contributed by atoms with van der Waals surface area (Å²) in [6.07, 6.45) is 0.332. The van der Waals surface area contributed by atoms with Crippen molar-refractivity contribution >= 4 is 57.2 Å². The maximum atomic E-state index is 12.5. The van der Waals surface area contributed by atoms with Gasteiger partial charge >= 0.3 is 0 Å². The number of carbonyl (C=O) groups is 2. The Labute approximate surface area is 181 Å². The number of halogens is 2. The summed E-state index contributed by atoms with van der Waals surface area (Å²) >= 11 is 13.5. The third-order valence-corrected chi connectivity index (χ3v) is 6.46. The zero-order chi connectivity index (χ0) is 20.5. The zero-order valence-corrected chi connectivity index (χ0v) is 17.7. The first-order chi connectivity index (χ1) is 13.9. The maximum absolute atomic E-state index is 12.5. The SMILES string of the molecule is Cc1ccc(N2CC(c3nnc(NC(=O)c4ccccc4Cl)s3)CC2=O)cc1Cl. The molecule has 1 aromatic heterocycles. The van der Waals surface area contributed by atoms with Crippen molar-refractivity contribution < 1.29 is 9.59 Å². The maximum Gasteiger partial charge on any atom is 0.259 e. The van der Waals surface area contributed by atoms with Crippen molar-refractivity contribution in [1.29, 1.82) is 0 Å². The molecule has 4 rings (SSSR count). The standard InChI is InChI=1S/C20H16Cl2N4O2S/c1-11-6-7-13(9-16(11)22)26-10-12(8-17(26)27)19-24-25-20(29-19)23-18(28)14-4-2-3-5-15(14)21/h2-7,9,12H,8,10H2,1H3,(H,23,25,28). The molecule has 0 spiro atoms. The molecule has 3 aromatic rings. The van der Waals surface area contributed by atoms with Crippen LogP contribution in [0.25, 0.3) is 0 Å². The van der Waals surface area contributed by atoms with Crippen LogP contribution in [-0.4, -0.2) is 28.6 Å². The molecule has 148 valence electrons. The van der Waals surface area contributed by atoms with Crippen LogP contribution in [0.2, 0.25) is 10.0 Å². The zero-order valence-electron chi connectivity index (χ0n) is 15.4. The minimum absolute atomic E-state index is 0.00627. The van der Waals surface area contributed by atoms with Gasteiger partial charge < -0.3 is 4.90 Å². The Morgan fingerprint density at radius 1 is 1.17 bits per heavy atom. The fourth-order valence-electron chi connectivity index (χ4n) is 3.13. The average molecular weight is 447 g/mol. The summed E-state index contributed by atoms with van der Waals surface area (Å²) in [6.45, 7) is 2.41. The monoisotopic (exact) mass is 446 g/mol. The van der Waals surface area contributed by atoms with Crippen molar-refractivity contribution in [3.63, 3.8) is 0 Å². The summed E-state index contributed by atoms with van der Waals surface area (Å²) in [7, 11) is 0. The minimum atomic E-state index is -0.350. The molecule has 2 aromatic carbocycles. The molecule has 1 aliphatic rings. The molecule has 1 unspecified atom stereocenters. The molecule has 0 radical (unpaired) electrons. The third-order valence-electron chi connectivity index (χ3n) is 4.72. The molecule has 9 heteroatoms. The number of carbonyl (C=O) groups excluding carboxylic acids is 2. The van der Waals surface area contributed by atoms with Gasteiger partial charge in [0.25, 0.3) is 5.91 Å². The fraction of sp³-hybridized carbons (Fsp3) is 0.200. The fourth-order valence-corrected chi connectivity index (χ4v) is 4.36. The highest BCUT2D eigenvalue weighted by Crippen LogP contribution is 2.35. The molecular weight excluding hydrogens is 431 g/mol. The first kappa shape index (κ1) is 19.8. The van der Waals surface area contributed by atoms with Crippen molar-refractivity contribution in [2.24, 2.45) is 0 Å². The second-order valence-electron chi connectivity index (χ2n) is 6.72. The van der Waals surface area contributed by atoms with E-state index >= 15 is 0 Å². The van der Waals surface area contributed by atoms with Crippen molar-refractivity contribution in [2.45, 2.75) is 19.3 Å². The minimum Gasteiger partial charge on any atom is -0.312 e. The number of hydrogen-bond acceptors (Lipinski definition) is 5. The third kappa shape index (κ3) is 4.12. The molecule has 1 aliphatic heterocycles. The highest BCUT2D eigenvalue weighted by Gasteiger charge is 2.34. The van der Waals surface area contributed by atoms with Gasteiger partial charge in [0.05, 0.1) is 10.6 Å². The van der Waals surface area contributed by atoms with Crippen LogP contribution >= 0.6 is 34.5 Å². The Bertz CT molecular complexity index is 1100. The number of rotatable bonds is 4. The van der Waals surface area contributed by atoms with Gasteiger partial charge in [-0.05, 0) is 36.8 Å². The number of nitrogens with zero attached hydrogens (tertiary/aromatic N) is 3. The number of aryl methyl sites for hydroxylation is 1. The molecule has 1 atom stereocenters. The molecular formula is C20H16Cl2N4O2S. The molecule has 0 saturated carbocycles. The van der Waals surface area contributed by atoms with Gasteiger partial charge in [0.15, 0.2) is 0 Å². The number of aromatic nitrogens is 2. The molecule has 1 N–H and O–H groups in total. The Morgan fingerprint density at radius 3 is 2.72 bits per heavy atom. The van der Waals surface area contributed by atoms with Crippen molar-refractivity contribution in [1.82, 2.24) is 10.2 Å². The van der Waals surface area contributed by atoms with E-state index in [4.69, 9.17) is 23.2 Å². The highest BCUT2D eigenvalue weighted by molar-refractivity contribution is 7.15. The largest absolute Gasteiger partial charge is 0.312 e. The van der Waals surface area contributed by atoms with Crippen LogP contribution in [0.15, 0.2) is 42.5 Å². The number of hydrogen-bond donors (Lipinski definition) is 1. The number of nitrogens with one attached hydrogen (secondary N) is 1. The van der Waals surface area contributed by atoms with Crippen molar-refractivity contribution in [3.8, 4) is 0 Å². The molecule has 2 heterocycles. The second-order valence-corrected chi connectivity index (χ2v) is 8.54. The summed E-state index contributed by atoms with van der Waals surface area (Å²) < 4.78 is 0. The van der Waals surface area contributed by atoms with Gasteiger partial charge in [-0.2, -0.15) is 0 Å². The first-order valence-electron chi connectivity index (χ1n) is 8.88. The van der Waals surface area contributed by atoms with E-state index in [2.05, 4.69) is 15.5 Å². The smallest absolute Gasteiger partial charge is 0.259 e. The molecule has 0 aliphatic carbocycles. The van der Waals surface area contributed by atoms with E-state index in [9.17, 15) is 9.59 Å². The van der Waals surface area contributed by atoms with Crippen LogP contribution in [0.1, 0.15) is 33.3 Å². The van der Waals surface area contributed by atoms with Crippen LogP contribution in [0.4, 0.5) is 10.8 Å². The van der Waals surface area contributed by atoms with Gasteiger partial charge in [0, 0.05) is 29.6 Å². The lowest BCUT2D eigenvalue weighted by atomic mass is 10.1. The summed E-state index contributed by atoms with van der Waals surface area (Å²) in [4.78, 5) is 26.6. The highest BCUT2D eigenvalue weighted by atomic mass is 35.5. The van der Waals surface area contributed by atoms with Gasteiger partial charge in [-0.1, -0.05) is 52.7 Å². The topological polar surface area (TPSA) is 75.2 Å². The van der Waals surface area contributed by atoms with Crippen molar-refractivity contribution in [3.05, 3.63) is 68.6 Å². The lowest BCUT2D eigenvalue weighted by Gasteiger charge is -2.17. The van der Waals surface area contributed by atoms with E-state index in [1.54, 1.807) is 35.2 Å². The Hall–Kier alpha value is -2.48. The van der Waals surface area contributed by atoms with Crippen molar-refractivity contribution in [2.75, 3.05) is 16.8 Å². The predicted molar refractivity (Wildman–Crippen MR) is 115 cm³/mol. The van der Waals surface area contributed by atoms with Gasteiger partial charge in [0.2, 0.25) is 11.0 Å². The molecule has 29 heavy (non-hydrogen) atoms. The summed E-state index contributed by atoms with van der Waals surface area (Å²) in [5.41, 5.74) is 2.09. The van der Waals surface area contributed by atoms with E-state index in [-0.39, 0.29) is 17.7 Å². The second kappa shape index (κ2) is 8.10. The number of anilines is 2. The van der Waals surface area contributed by atoms with E-state index < -0.39 is 0 Å². The van der Waals surface area contributed by atoms with E-state index in [1.807, 2.05) is 19.1 Å². The van der Waals surface area contributed by atoms with E-state index in [1.165, 1.54) is 11.3 Å². The lowest BCUT2D eigenvalue weighted by molar-refractivity contribution is -0.117. The number of benzene rings is 2. The van der Waals surface area contributed by atoms with Gasteiger partial charge in [0.1, 0.15) is 5.01 Å². The van der Waals surface area contributed by atoms with Crippen LogP contribution in [0.3, 0.4) is 0 Å². The van der Waals surface area contributed by atoms with Crippen LogP contribution in [0, 0.1) is 6.92 Å². The van der Waals surface area contributed by atoms with Crippen LogP contribution in [0.5, 0.6) is 0 Å². The van der Waals surface area contributed by atoms with Gasteiger partial charge in [-0.3, -0.25) is 14.9 Å². The quantitative estimate of drug-likeness (QED) is 0.616. The predicted octanol–water partition coefficient (Wildman–Crippen LogP) is 4.93. The molecule has 1 fully saturated rings. The summed E-state index contributed by atoms with van der Waals surface area (Å²) in [5.74, 6) is -0.436. The summed E-state index contributed by atoms with van der Waals surface area (Å²) in [6, 6.07) is 12.4.